The van der Waals surface area contributed by atoms with Gasteiger partial charge in [-0.15, -0.1) is 0 Å². The van der Waals surface area contributed by atoms with Gasteiger partial charge < -0.3 is 21.9 Å². The molecular weight excluding hydrogens is 204 g/mol. The van der Waals surface area contributed by atoms with E-state index in [9.17, 15) is 0 Å². The Morgan fingerprint density at radius 3 is 0.600 bits per heavy atom. The van der Waals surface area contributed by atoms with E-state index in [2.05, 4.69) is 0 Å². The number of hydrogen-bond acceptors (Lipinski definition) is 3. The average molecular weight is 209 g/mol. The Morgan fingerprint density at radius 1 is 0.600 bits per heavy atom. The van der Waals surface area contributed by atoms with Crippen LogP contribution in [0.25, 0.3) is 0 Å². The van der Waals surface area contributed by atoms with Gasteiger partial charge in [-0.2, -0.15) is 0 Å². The number of hydrogen-bond donors (Lipinski definition) is 0. The summed E-state index contributed by atoms with van der Waals surface area (Å²) in [5, 5.41) is 0. The smallest absolute Gasteiger partial charge is 0.870 e. The molecule has 0 aliphatic carbocycles. The fraction of sp³-hybridized carbons (Fsp3) is 0. The van der Waals surface area contributed by atoms with Gasteiger partial charge in [0.2, 0.25) is 0 Å². The van der Waals surface area contributed by atoms with Crippen molar-refractivity contribution in [1.82, 2.24) is 0 Å². The Hall–Kier alpha value is 1.22. The maximum absolute atomic E-state index is 0. The van der Waals surface area contributed by atoms with Crippen molar-refractivity contribution in [3.8, 4) is 0 Å². The molecule has 0 fully saturated rings. The van der Waals surface area contributed by atoms with Gasteiger partial charge in [-0.1, -0.05) is 0 Å². The third-order valence-electron chi connectivity index (χ3n) is 0. The van der Waals surface area contributed by atoms with Crippen LogP contribution in [-0.2, 0) is 0 Å². The molecule has 5 heteroatoms. The van der Waals surface area contributed by atoms with Crippen LogP contribution < -0.4 is 0 Å². The average Bonchev–Trinajstić information content (AvgIpc) is 0. The Labute approximate surface area is 63.2 Å². The predicted molar refractivity (Wildman–Crippen MR) is 9.42 cm³/mol. The second-order valence-corrected chi connectivity index (χ2v) is 0. The Bertz CT molecular complexity index is 3.61. The van der Waals surface area contributed by atoms with Crippen LogP contribution in [-0.4, -0.2) is 21.9 Å². The van der Waals surface area contributed by atoms with E-state index >= 15 is 0 Å². The minimum atomic E-state index is 0. The molecule has 0 saturated carbocycles. The molecule has 0 aromatic carbocycles. The van der Waals surface area contributed by atoms with Gasteiger partial charge in [-0.25, -0.2) is 0 Å². The molecular formula is H5CeO4. The van der Waals surface area contributed by atoms with Crippen LogP contribution in [0.2, 0.25) is 0 Å². The van der Waals surface area contributed by atoms with Gasteiger partial charge >= 0.3 is 41.7 Å². The molecule has 0 aromatic rings. The van der Waals surface area contributed by atoms with Crippen LogP contribution in [0.1, 0.15) is 0 Å². The molecule has 5 heavy (non-hydrogen) atoms. The fourth-order valence-electron chi connectivity index (χ4n) is 0. The SMILES string of the molecule is O.[Ce+3].[OH-].[OH-].[OH-]. The molecule has 0 rings (SSSR count). The summed E-state index contributed by atoms with van der Waals surface area (Å²) in [6, 6.07) is 0. The van der Waals surface area contributed by atoms with Gasteiger partial charge in [0.1, 0.15) is 0 Å². The van der Waals surface area contributed by atoms with Gasteiger partial charge in [-0.3, -0.25) is 0 Å². The van der Waals surface area contributed by atoms with Crippen LogP contribution in [0.4, 0.5) is 0 Å². The van der Waals surface area contributed by atoms with Crippen molar-refractivity contribution in [3.63, 3.8) is 0 Å². The molecule has 0 unspecified atom stereocenters. The first kappa shape index (κ1) is 114. The quantitative estimate of drug-likeness (QED) is 0.489. The van der Waals surface area contributed by atoms with Crippen LogP contribution in [0.3, 0.4) is 0 Å². The molecule has 0 bridgehead atoms. The van der Waals surface area contributed by atoms with Crippen LogP contribution >= 0.6 is 0 Å². The first-order valence-corrected chi connectivity index (χ1v) is 0. The first-order valence-electron chi connectivity index (χ1n) is 0. The maximum atomic E-state index is 0. The van der Waals surface area contributed by atoms with Crippen LogP contribution in [0.5, 0.6) is 0 Å². The van der Waals surface area contributed by atoms with E-state index in [4.69, 9.17) is 0 Å². The molecule has 0 aromatic heterocycles. The summed E-state index contributed by atoms with van der Waals surface area (Å²) in [6.07, 6.45) is 0. The summed E-state index contributed by atoms with van der Waals surface area (Å²) >= 11 is 0. The second-order valence-electron chi connectivity index (χ2n) is 0. The molecule has 0 spiro atoms. The molecule has 33 valence electrons. The molecule has 1 radical (unpaired) electrons. The monoisotopic (exact) mass is 209 g/mol. The normalized spacial score (nSPS) is 0. The van der Waals surface area contributed by atoms with E-state index in [1.54, 1.807) is 0 Å². The van der Waals surface area contributed by atoms with Gasteiger partial charge in [-0.05, 0) is 0 Å². The molecule has 0 aliphatic rings. The van der Waals surface area contributed by atoms with E-state index in [1.807, 2.05) is 0 Å². The Kier molecular flexibility index (Phi) is 1430. The summed E-state index contributed by atoms with van der Waals surface area (Å²) in [5.41, 5.74) is 0. The zero-order valence-corrected chi connectivity index (χ0v) is 5.48. The largest absolute Gasteiger partial charge is 3.00 e. The van der Waals surface area contributed by atoms with Crippen molar-refractivity contribution in [2.45, 2.75) is 0 Å². The Morgan fingerprint density at radius 2 is 0.600 bits per heavy atom. The third kappa shape index (κ3) is 36.5. The minimum absolute atomic E-state index is 0. The van der Waals surface area contributed by atoms with Crippen LogP contribution in [0.15, 0.2) is 0 Å². The van der Waals surface area contributed by atoms with E-state index in [1.165, 1.54) is 0 Å². The van der Waals surface area contributed by atoms with Crippen molar-refractivity contribution in [1.29, 1.82) is 0 Å². The summed E-state index contributed by atoms with van der Waals surface area (Å²) < 4.78 is 0. The van der Waals surface area contributed by atoms with Crippen molar-refractivity contribution in [2.75, 3.05) is 0 Å². The van der Waals surface area contributed by atoms with E-state index in [0.717, 1.165) is 0 Å². The number of rotatable bonds is 0. The minimum Gasteiger partial charge on any atom is -0.870 e. The standard InChI is InChI=1S/Ce.4H2O/h;4*1H2/q+3;;;;/p-3. The topological polar surface area (TPSA) is 122 Å². The molecule has 0 saturated heterocycles. The van der Waals surface area contributed by atoms with Gasteiger partial charge in [0.15, 0.2) is 0 Å². The van der Waals surface area contributed by atoms with Gasteiger partial charge in [0.05, 0.1) is 0 Å². The second kappa shape index (κ2) is 62.7. The zero-order chi connectivity index (χ0) is 0. The predicted octanol–water partition coefficient (Wildman–Crippen LogP) is -1.36. The molecule has 0 heterocycles. The van der Waals surface area contributed by atoms with Crippen molar-refractivity contribution in [3.05, 3.63) is 0 Å². The summed E-state index contributed by atoms with van der Waals surface area (Å²) in [6.45, 7) is 0. The summed E-state index contributed by atoms with van der Waals surface area (Å²) in [4.78, 5) is 0. The van der Waals surface area contributed by atoms with Crippen molar-refractivity contribution in [2.24, 2.45) is 0 Å². The molecule has 0 amide bonds. The van der Waals surface area contributed by atoms with Crippen LogP contribution in [0, 0.1) is 41.7 Å². The van der Waals surface area contributed by atoms with Gasteiger partial charge in [0, 0.05) is 0 Å². The van der Waals surface area contributed by atoms with Gasteiger partial charge in [0.25, 0.3) is 0 Å². The zero-order valence-electron chi connectivity index (χ0n) is 2.34. The molecule has 0 atom stereocenters. The molecule has 0 aliphatic heterocycles. The van der Waals surface area contributed by atoms with Crippen molar-refractivity contribution >= 4 is 0 Å². The summed E-state index contributed by atoms with van der Waals surface area (Å²) in [7, 11) is 0. The molecule has 5 N–H and O–H groups in total. The van der Waals surface area contributed by atoms with Crippen molar-refractivity contribution < 1.29 is 63.7 Å². The third-order valence-corrected chi connectivity index (χ3v) is 0. The summed E-state index contributed by atoms with van der Waals surface area (Å²) in [5.74, 6) is 0. The van der Waals surface area contributed by atoms with E-state index < -0.39 is 0 Å². The Balaban J connectivity index is 0. The molecule has 4 nitrogen and oxygen atoms in total. The fourth-order valence-corrected chi connectivity index (χ4v) is 0. The maximum Gasteiger partial charge on any atom is 3.00 e. The van der Waals surface area contributed by atoms with E-state index in [-0.39, 0.29) is 63.7 Å². The first-order chi connectivity index (χ1) is 0. The van der Waals surface area contributed by atoms with E-state index in [0.29, 0.717) is 0 Å².